The van der Waals surface area contributed by atoms with Crippen LogP contribution in [-0.2, 0) is 9.59 Å². The summed E-state index contributed by atoms with van der Waals surface area (Å²) >= 11 is 0.873. The summed E-state index contributed by atoms with van der Waals surface area (Å²) in [6.07, 6.45) is 4.17. The van der Waals surface area contributed by atoms with Crippen LogP contribution >= 0.6 is 11.8 Å². The Balaban J connectivity index is 1.44. The number of amides is 3. The van der Waals surface area contributed by atoms with Crippen LogP contribution in [0.3, 0.4) is 0 Å². The van der Waals surface area contributed by atoms with Crippen LogP contribution in [0.5, 0.6) is 0 Å². The third-order valence-electron chi connectivity index (χ3n) is 5.52. The molecule has 0 atom stereocenters. The maximum atomic E-state index is 12.8. The monoisotopic (exact) mass is 435 g/mol. The van der Waals surface area contributed by atoms with Gasteiger partial charge in [0.15, 0.2) is 0 Å². The first-order valence-electron chi connectivity index (χ1n) is 10.4. The van der Waals surface area contributed by atoms with Crippen LogP contribution in [0, 0.1) is 13.8 Å². The van der Waals surface area contributed by atoms with E-state index in [9.17, 15) is 14.4 Å². The van der Waals surface area contributed by atoms with E-state index in [2.05, 4.69) is 22.3 Å². The van der Waals surface area contributed by atoms with Gasteiger partial charge in [-0.25, -0.2) is 0 Å². The van der Waals surface area contributed by atoms with Gasteiger partial charge in [0.25, 0.3) is 11.1 Å². The summed E-state index contributed by atoms with van der Waals surface area (Å²) < 4.78 is 0. The molecule has 160 valence electrons. The van der Waals surface area contributed by atoms with Crippen LogP contribution in [0.1, 0.15) is 29.5 Å². The molecule has 0 spiro atoms. The Labute approximate surface area is 186 Å². The smallest absolute Gasteiger partial charge is 0.294 e. The van der Waals surface area contributed by atoms with Gasteiger partial charge in [-0.3, -0.25) is 19.3 Å². The molecule has 2 aliphatic rings. The summed E-state index contributed by atoms with van der Waals surface area (Å²) in [5.41, 5.74) is 4.85. The number of carbonyl (C=O) groups excluding carboxylic acids is 3. The molecule has 0 aliphatic carbocycles. The number of hydrogen-bond donors (Lipinski definition) is 1. The van der Waals surface area contributed by atoms with E-state index in [4.69, 9.17) is 0 Å². The Hall–Kier alpha value is -3.06. The van der Waals surface area contributed by atoms with E-state index in [0.717, 1.165) is 46.4 Å². The second-order valence-electron chi connectivity index (χ2n) is 7.92. The largest absolute Gasteiger partial charge is 0.372 e. The van der Waals surface area contributed by atoms with Gasteiger partial charge in [0.1, 0.15) is 6.54 Å². The molecular formula is C24H25N3O3S. The lowest BCUT2D eigenvalue weighted by molar-refractivity contribution is -0.127. The lowest BCUT2D eigenvalue weighted by Gasteiger charge is -2.18. The quantitative estimate of drug-likeness (QED) is 0.697. The number of anilines is 2. The maximum absolute atomic E-state index is 12.8. The van der Waals surface area contributed by atoms with E-state index in [1.807, 2.05) is 32.0 Å². The predicted molar refractivity (Wildman–Crippen MR) is 125 cm³/mol. The van der Waals surface area contributed by atoms with Crippen LogP contribution in [0.15, 0.2) is 47.4 Å². The average Bonchev–Trinajstić information content (AvgIpc) is 3.36. The Morgan fingerprint density at radius 2 is 1.77 bits per heavy atom. The summed E-state index contributed by atoms with van der Waals surface area (Å²) in [6.45, 7) is 5.80. The molecule has 0 bridgehead atoms. The molecule has 2 saturated heterocycles. The summed E-state index contributed by atoms with van der Waals surface area (Å²) in [6, 6.07) is 13.5. The average molecular weight is 436 g/mol. The first-order valence-corrected chi connectivity index (χ1v) is 11.2. The Kier molecular flexibility index (Phi) is 6.13. The van der Waals surface area contributed by atoms with Crippen molar-refractivity contribution in [2.45, 2.75) is 26.7 Å². The minimum absolute atomic E-state index is 0.303. The molecule has 0 aromatic heterocycles. The van der Waals surface area contributed by atoms with Crippen molar-refractivity contribution in [1.29, 1.82) is 0 Å². The SMILES string of the molecule is Cc1ccc(NC(=O)CN2C(=O)S/C(=C\c3ccc(N4CCCC4)cc3C)C2=O)cc1. The molecule has 4 rings (SSSR count). The van der Waals surface area contributed by atoms with Gasteiger partial charge < -0.3 is 10.2 Å². The van der Waals surface area contributed by atoms with E-state index >= 15 is 0 Å². The Morgan fingerprint density at radius 3 is 2.45 bits per heavy atom. The van der Waals surface area contributed by atoms with Gasteiger partial charge in [-0.05, 0) is 79.9 Å². The van der Waals surface area contributed by atoms with Gasteiger partial charge in [0.2, 0.25) is 5.91 Å². The van der Waals surface area contributed by atoms with E-state index in [0.29, 0.717) is 10.6 Å². The van der Waals surface area contributed by atoms with Gasteiger partial charge in [-0.1, -0.05) is 23.8 Å². The highest BCUT2D eigenvalue weighted by Gasteiger charge is 2.36. The molecule has 7 heteroatoms. The number of carbonyl (C=O) groups is 3. The number of rotatable bonds is 5. The van der Waals surface area contributed by atoms with Crippen molar-refractivity contribution < 1.29 is 14.4 Å². The number of hydrogen-bond acceptors (Lipinski definition) is 5. The second-order valence-corrected chi connectivity index (χ2v) is 8.91. The maximum Gasteiger partial charge on any atom is 0.294 e. The number of nitrogens with one attached hydrogen (secondary N) is 1. The van der Waals surface area contributed by atoms with E-state index in [-0.39, 0.29) is 6.54 Å². The van der Waals surface area contributed by atoms with Crippen molar-refractivity contribution in [1.82, 2.24) is 4.90 Å². The topological polar surface area (TPSA) is 69.7 Å². The highest BCUT2D eigenvalue weighted by molar-refractivity contribution is 8.18. The molecule has 1 N–H and O–H groups in total. The summed E-state index contributed by atoms with van der Waals surface area (Å²) in [5, 5.41) is 2.30. The van der Waals surface area contributed by atoms with Crippen LogP contribution < -0.4 is 10.2 Å². The summed E-state index contributed by atoms with van der Waals surface area (Å²) in [5.74, 6) is -0.837. The van der Waals surface area contributed by atoms with Crippen molar-refractivity contribution in [3.63, 3.8) is 0 Å². The minimum Gasteiger partial charge on any atom is -0.372 e. The van der Waals surface area contributed by atoms with Gasteiger partial charge in [-0.2, -0.15) is 0 Å². The molecule has 2 aromatic rings. The highest BCUT2D eigenvalue weighted by Crippen LogP contribution is 2.33. The zero-order valence-electron chi connectivity index (χ0n) is 17.7. The zero-order valence-corrected chi connectivity index (χ0v) is 18.5. The summed E-state index contributed by atoms with van der Waals surface area (Å²) in [4.78, 5) is 41.2. The number of benzene rings is 2. The van der Waals surface area contributed by atoms with Gasteiger partial charge >= 0.3 is 0 Å². The normalized spacial score (nSPS) is 17.7. The lowest BCUT2D eigenvalue weighted by Crippen LogP contribution is -2.36. The molecule has 0 saturated carbocycles. The molecule has 2 heterocycles. The molecule has 2 aromatic carbocycles. The Bertz CT molecular complexity index is 1060. The van der Waals surface area contributed by atoms with E-state index in [1.165, 1.54) is 18.5 Å². The summed E-state index contributed by atoms with van der Waals surface area (Å²) in [7, 11) is 0. The number of thioether (sulfide) groups is 1. The third-order valence-corrected chi connectivity index (χ3v) is 6.43. The molecule has 0 unspecified atom stereocenters. The number of imide groups is 1. The lowest BCUT2D eigenvalue weighted by atomic mass is 10.1. The molecule has 0 radical (unpaired) electrons. The predicted octanol–water partition coefficient (Wildman–Crippen LogP) is 4.58. The van der Waals surface area contributed by atoms with E-state index < -0.39 is 17.1 Å². The fourth-order valence-electron chi connectivity index (χ4n) is 3.75. The van der Waals surface area contributed by atoms with Crippen LogP contribution in [0.4, 0.5) is 16.2 Å². The van der Waals surface area contributed by atoms with Crippen molar-refractivity contribution in [2.24, 2.45) is 0 Å². The Morgan fingerprint density at radius 1 is 1.06 bits per heavy atom. The first-order chi connectivity index (χ1) is 14.9. The molecule has 31 heavy (non-hydrogen) atoms. The van der Waals surface area contributed by atoms with Crippen molar-refractivity contribution >= 4 is 46.3 Å². The fourth-order valence-corrected chi connectivity index (χ4v) is 4.58. The number of nitrogens with zero attached hydrogens (tertiary/aromatic N) is 2. The fraction of sp³-hybridized carbons (Fsp3) is 0.292. The van der Waals surface area contributed by atoms with Crippen LogP contribution in [0.25, 0.3) is 6.08 Å². The van der Waals surface area contributed by atoms with E-state index in [1.54, 1.807) is 18.2 Å². The zero-order chi connectivity index (χ0) is 22.0. The molecule has 2 aliphatic heterocycles. The molecule has 6 nitrogen and oxygen atoms in total. The third kappa shape index (κ3) is 4.82. The van der Waals surface area contributed by atoms with Gasteiger partial charge in [0, 0.05) is 24.5 Å². The van der Waals surface area contributed by atoms with Crippen molar-refractivity contribution in [3.05, 3.63) is 64.1 Å². The van der Waals surface area contributed by atoms with Crippen LogP contribution in [0.2, 0.25) is 0 Å². The highest BCUT2D eigenvalue weighted by atomic mass is 32.2. The molecule has 3 amide bonds. The van der Waals surface area contributed by atoms with Crippen molar-refractivity contribution in [2.75, 3.05) is 29.9 Å². The number of aryl methyl sites for hydroxylation is 2. The van der Waals surface area contributed by atoms with Gasteiger partial charge in [-0.15, -0.1) is 0 Å². The van der Waals surface area contributed by atoms with Gasteiger partial charge in [0.05, 0.1) is 4.91 Å². The first kappa shape index (κ1) is 21.2. The second kappa shape index (κ2) is 8.98. The molecule has 2 fully saturated rings. The minimum atomic E-state index is -0.433. The van der Waals surface area contributed by atoms with Crippen molar-refractivity contribution in [3.8, 4) is 0 Å². The standard InChI is InChI=1S/C24H25N3O3S/c1-16-5-8-19(9-6-16)25-22(28)15-27-23(29)21(31-24(27)30)14-18-7-10-20(13-17(18)2)26-11-3-4-12-26/h5-10,13-14H,3-4,11-12,15H2,1-2H3,(H,25,28)/b21-14-. The molecular weight excluding hydrogens is 410 g/mol. The van der Waals surface area contributed by atoms with Crippen LogP contribution in [-0.4, -0.2) is 41.6 Å².